The zero-order valence-electron chi connectivity index (χ0n) is 14.9. The maximum Gasteiger partial charge on any atom is 0.348 e. The number of carbonyl (C=O) groups excluding carboxylic acids is 2. The second-order valence-electron chi connectivity index (χ2n) is 7.47. The number of carbonyl (C=O) groups is 2. The Hall–Kier alpha value is -1.58. The van der Waals surface area contributed by atoms with Crippen LogP contribution in [0.15, 0.2) is 22.8 Å². The summed E-state index contributed by atoms with van der Waals surface area (Å²) in [5.74, 6) is -1.03. The third kappa shape index (κ3) is 4.24. The Labute approximate surface area is 138 Å². The molecule has 0 aromatic carbocycles. The van der Waals surface area contributed by atoms with Gasteiger partial charge in [-0.1, -0.05) is 38.0 Å². The molecule has 0 radical (unpaired) electrons. The third-order valence-electron chi connectivity index (χ3n) is 4.97. The lowest BCUT2D eigenvalue weighted by Crippen LogP contribution is -2.33. The van der Waals surface area contributed by atoms with Gasteiger partial charge in [-0.3, -0.25) is 0 Å². The fourth-order valence-electron chi connectivity index (χ4n) is 3.64. The van der Waals surface area contributed by atoms with E-state index in [2.05, 4.69) is 20.8 Å². The summed E-state index contributed by atoms with van der Waals surface area (Å²) < 4.78 is 9.91. The first-order valence-electron chi connectivity index (χ1n) is 8.53. The van der Waals surface area contributed by atoms with Crippen LogP contribution in [0.25, 0.3) is 0 Å². The van der Waals surface area contributed by atoms with Gasteiger partial charge in [0.05, 0.1) is 0 Å². The lowest BCUT2D eigenvalue weighted by Gasteiger charge is -2.35. The molecule has 0 N–H and O–H groups in total. The average molecular weight is 320 g/mol. The van der Waals surface area contributed by atoms with Gasteiger partial charge in [-0.15, -0.1) is 0 Å². The summed E-state index contributed by atoms with van der Waals surface area (Å²) >= 11 is 0. The molecule has 0 bridgehead atoms. The van der Waals surface area contributed by atoms with Gasteiger partial charge in [-0.25, -0.2) is 9.59 Å². The van der Waals surface area contributed by atoms with Gasteiger partial charge in [-0.05, 0) is 50.4 Å². The summed E-state index contributed by atoms with van der Waals surface area (Å²) in [6.45, 7) is 10.4. The van der Waals surface area contributed by atoms with Crippen LogP contribution in [-0.2, 0) is 19.1 Å². The molecule has 0 amide bonds. The maximum absolute atomic E-state index is 11.8. The van der Waals surface area contributed by atoms with Crippen molar-refractivity contribution in [2.24, 2.45) is 11.3 Å². The largest absolute Gasteiger partial charge is 0.422 e. The molecule has 1 heterocycles. The van der Waals surface area contributed by atoms with E-state index in [9.17, 15) is 9.59 Å². The van der Waals surface area contributed by atoms with E-state index in [0.29, 0.717) is 0 Å². The van der Waals surface area contributed by atoms with Crippen LogP contribution >= 0.6 is 0 Å². The number of cyclic esters (lactones) is 2. The predicted molar refractivity (Wildman–Crippen MR) is 88.5 cm³/mol. The van der Waals surface area contributed by atoms with Crippen LogP contribution < -0.4 is 0 Å². The molecule has 2 aliphatic rings. The average Bonchev–Trinajstić information content (AvgIpc) is 2.41. The van der Waals surface area contributed by atoms with Gasteiger partial charge in [0.15, 0.2) is 0 Å². The standard InChI is InChI=1S/C19H28O4/c1-12(11-15-17(20)22-14(3)23-18(15)21)8-9-16-13(2)7-6-10-19(16,4)5/h11-12,14H,6-10H2,1-5H3. The van der Waals surface area contributed by atoms with E-state index in [-0.39, 0.29) is 16.9 Å². The van der Waals surface area contributed by atoms with E-state index < -0.39 is 18.2 Å². The van der Waals surface area contributed by atoms with Crippen LogP contribution in [-0.4, -0.2) is 18.2 Å². The van der Waals surface area contributed by atoms with Crippen molar-refractivity contribution in [1.29, 1.82) is 0 Å². The van der Waals surface area contributed by atoms with Crippen LogP contribution in [0.3, 0.4) is 0 Å². The first-order chi connectivity index (χ1) is 10.7. The van der Waals surface area contributed by atoms with Crippen molar-refractivity contribution in [2.75, 3.05) is 0 Å². The fourth-order valence-corrected chi connectivity index (χ4v) is 3.64. The number of rotatable bonds is 4. The van der Waals surface area contributed by atoms with Crippen LogP contribution in [0.1, 0.15) is 66.7 Å². The summed E-state index contributed by atoms with van der Waals surface area (Å²) in [7, 11) is 0. The van der Waals surface area contributed by atoms with Gasteiger partial charge in [0.25, 0.3) is 0 Å². The molecule has 1 aliphatic heterocycles. The topological polar surface area (TPSA) is 52.6 Å². The van der Waals surface area contributed by atoms with Gasteiger partial charge in [0.1, 0.15) is 5.57 Å². The zero-order valence-corrected chi connectivity index (χ0v) is 14.9. The molecule has 1 unspecified atom stereocenters. The highest BCUT2D eigenvalue weighted by atomic mass is 16.7. The van der Waals surface area contributed by atoms with Gasteiger partial charge in [-0.2, -0.15) is 0 Å². The van der Waals surface area contributed by atoms with Gasteiger partial charge >= 0.3 is 11.9 Å². The van der Waals surface area contributed by atoms with Gasteiger partial charge in [0, 0.05) is 6.92 Å². The Morgan fingerprint density at radius 3 is 2.43 bits per heavy atom. The first-order valence-corrected chi connectivity index (χ1v) is 8.53. The van der Waals surface area contributed by atoms with Crippen LogP contribution in [0.5, 0.6) is 0 Å². The molecule has 0 spiro atoms. The van der Waals surface area contributed by atoms with Crippen molar-refractivity contribution >= 4 is 11.9 Å². The number of esters is 2. The summed E-state index contributed by atoms with van der Waals surface area (Å²) in [6.07, 6.45) is 6.49. The Morgan fingerprint density at radius 2 is 1.87 bits per heavy atom. The molecule has 1 fully saturated rings. The summed E-state index contributed by atoms with van der Waals surface area (Å²) in [5.41, 5.74) is 3.33. The maximum atomic E-state index is 11.8. The Bertz CT molecular complexity index is 534. The van der Waals surface area contributed by atoms with E-state index >= 15 is 0 Å². The summed E-state index contributed by atoms with van der Waals surface area (Å²) in [4.78, 5) is 23.6. The van der Waals surface area contributed by atoms with Crippen LogP contribution in [0.4, 0.5) is 0 Å². The molecule has 1 saturated heterocycles. The molecule has 0 saturated carbocycles. The van der Waals surface area contributed by atoms with E-state index in [4.69, 9.17) is 9.47 Å². The fraction of sp³-hybridized carbons (Fsp3) is 0.684. The second kappa shape index (κ2) is 6.90. The third-order valence-corrected chi connectivity index (χ3v) is 4.97. The summed E-state index contributed by atoms with van der Waals surface area (Å²) in [5, 5.41) is 0. The smallest absolute Gasteiger partial charge is 0.348 e. The van der Waals surface area contributed by atoms with E-state index in [1.165, 1.54) is 37.3 Å². The molecular formula is C19H28O4. The number of hydrogen-bond donors (Lipinski definition) is 0. The normalized spacial score (nSPS) is 25.8. The van der Waals surface area contributed by atoms with E-state index in [1.54, 1.807) is 6.08 Å². The second-order valence-corrected chi connectivity index (χ2v) is 7.47. The van der Waals surface area contributed by atoms with Crippen molar-refractivity contribution in [2.45, 2.75) is 73.0 Å². The van der Waals surface area contributed by atoms with Crippen molar-refractivity contribution in [3.8, 4) is 0 Å². The van der Waals surface area contributed by atoms with E-state index in [1.807, 2.05) is 6.92 Å². The molecule has 23 heavy (non-hydrogen) atoms. The van der Waals surface area contributed by atoms with Crippen molar-refractivity contribution in [1.82, 2.24) is 0 Å². The van der Waals surface area contributed by atoms with Crippen molar-refractivity contribution < 1.29 is 19.1 Å². The molecule has 1 aliphatic carbocycles. The Morgan fingerprint density at radius 1 is 1.26 bits per heavy atom. The molecular weight excluding hydrogens is 292 g/mol. The zero-order chi connectivity index (χ0) is 17.2. The van der Waals surface area contributed by atoms with E-state index in [0.717, 1.165) is 12.8 Å². The quantitative estimate of drug-likeness (QED) is 0.335. The van der Waals surface area contributed by atoms with Crippen molar-refractivity contribution in [3.05, 3.63) is 22.8 Å². The van der Waals surface area contributed by atoms with Gasteiger partial charge in [0.2, 0.25) is 6.29 Å². The molecule has 0 aromatic heterocycles. The lowest BCUT2D eigenvalue weighted by molar-refractivity contribution is -0.190. The molecule has 4 nitrogen and oxygen atoms in total. The Kier molecular flexibility index (Phi) is 5.33. The SMILES string of the molecule is CC1=C(CCC(C)C=C2C(=O)OC(C)OC2=O)C(C)(C)CCC1. The monoisotopic (exact) mass is 320 g/mol. The molecule has 2 rings (SSSR count). The minimum Gasteiger partial charge on any atom is -0.422 e. The van der Waals surface area contributed by atoms with Crippen LogP contribution in [0.2, 0.25) is 0 Å². The highest BCUT2D eigenvalue weighted by molar-refractivity contribution is 6.15. The predicted octanol–water partition coefficient (Wildman–Crippen LogP) is 4.30. The van der Waals surface area contributed by atoms with Gasteiger partial charge < -0.3 is 9.47 Å². The molecule has 128 valence electrons. The van der Waals surface area contributed by atoms with Crippen molar-refractivity contribution in [3.63, 3.8) is 0 Å². The number of hydrogen-bond acceptors (Lipinski definition) is 4. The highest BCUT2D eigenvalue weighted by Gasteiger charge is 2.32. The first kappa shape index (κ1) is 17.8. The minimum absolute atomic E-state index is 0.0317. The minimum atomic E-state index is -0.793. The van der Waals surface area contributed by atoms with Crippen LogP contribution in [0, 0.1) is 11.3 Å². The molecule has 0 aromatic rings. The highest BCUT2D eigenvalue weighted by Crippen LogP contribution is 2.42. The number of allylic oxidation sites excluding steroid dienone is 3. The lowest BCUT2D eigenvalue weighted by atomic mass is 9.71. The molecule has 1 atom stereocenters. The molecule has 4 heteroatoms. The summed E-state index contributed by atoms with van der Waals surface area (Å²) in [6, 6.07) is 0. The Balaban J connectivity index is 2.02. The number of ether oxygens (including phenoxy) is 2.